The Hall–Kier alpha value is -2.05. The first-order valence-corrected chi connectivity index (χ1v) is 14.2. The van der Waals surface area contributed by atoms with Gasteiger partial charge in [0, 0.05) is 47.5 Å². The zero-order chi connectivity index (χ0) is 28.2. The van der Waals surface area contributed by atoms with Crippen LogP contribution in [0.3, 0.4) is 0 Å². The minimum Gasteiger partial charge on any atom is -0.457 e. The minimum atomic E-state index is -5.02. The van der Waals surface area contributed by atoms with Crippen molar-refractivity contribution in [3.63, 3.8) is 0 Å². The highest BCUT2D eigenvalue weighted by Gasteiger charge is 2.40. The van der Waals surface area contributed by atoms with Crippen LogP contribution in [0.2, 0.25) is 15.1 Å². The fourth-order valence-corrected chi connectivity index (χ4v) is 5.90. The molecule has 1 N–H and O–H groups in total. The van der Waals surface area contributed by atoms with Crippen LogP contribution in [0, 0.1) is 0 Å². The van der Waals surface area contributed by atoms with Gasteiger partial charge in [-0.05, 0) is 61.5 Å². The number of alkyl halides is 3. The molecule has 2 saturated heterocycles. The van der Waals surface area contributed by atoms with Gasteiger partial charge in [-0.25, -0.2) is 4.79 Å². The number of carbonyl (C=O) groups excluding carboxylic acids is 2. The number of ether oxygens (including phenoxy) is 2. The molecule has 2 fully saturated rings. The van der Waals surface area contributed by atoms with E-state index in [2.05, 4.69) is 19.3 Å². The maximum Gasteiger partial charge on any atom is 0.490 e. The van der Waals surface area contributed by atoms with Crippen LogP contribution in [0.5, 0.6) is 0 Å². The van der Waals surface area contributed by atoms with Crippen LogP contribution in [0.15, 0.2) is 30.3 Å². The highest BCUT2D eigenvalue weighted by molar-refractivity contribution is 8.00. The molecular weight excluding hydrogens is 602 g/mol. The molecule has 7 nitrogen and oxygen atoms in total. The van der Waals surface area contributed by atoms with Gasteiger partial charge in [0.05, 0.1) is 28.3 Å². The number of piperidine rings is 1. The Kier molecular flexibility index (Phi) is 10.0. The van der Waals surface area contributed by atoms with Crippen molar-refractivity contribution in [2.24, 2.45) is 0 Å². The van der Waals surface area contributed by atoms with Crippen molar-refractivity contribution < 1.29 is 32.2 Å². The molecule has 2 aliphatic rings. The molecule has 2 aromatic carbocycles. The molecule has 0 atom stereocenters. The third kappa shape index (κ3) is 8.00. The van der Waals surface area contributed by atoms with Crippen LogP contribution in [0.1, 0.15) is 29.6 Å². The number of halogens is 6. The molecule has 212 valence electrons. The predicted molar refractivity (Wildman–Crippen MR) is 148 cm³/mol. The molecule has 1 amide bonds. The quantitative estimate of drug-likeness (QED) is 0.195. The Morgan fingerprint density at radius 3 is 2.41 bits per heavy atom. The zero-order valence-corrected chi connectivity index (χ0v) is 23.6. The first-order chi connectivity index (χ1) is 18.5. The number of hydrogen-bond donors (Lipinski definition) is 1. The molecule has 0 aliphatic carbocycles. The summed E-state index contributed by atoms with van der Waals surface area (Å²) in [4.78, 5) is 26.0. The van der Waals surface area contributed by atoms with E-state index >= 15 is 0 Å². The monoisotopic (exact) mass is 625 g/mol. The van der Waals surface area contributed by atoms with Gasteiger partial charge in [0.15, 0.2) is 0 Å². The van der Waals surface area contributed by atoms with Gasteiger partial charge in [-0.3, -0.25) is 4.79 Å². The van der Waals surface area contributed by atoms with Crippen molar-refractivity contribution in [3.8, 4) is 0 Å². The number of esters is 1. The van der Waals surface area contributed by atoms with Crippen LogP contribution in [0.25, 0.3) is 0 Å². The summed E-state index contributed by atoms with van der Waals surface area (Å²) in [5.74, 6) is -1.65. The van der Waals surface area contributed by atoms with Gasteiger partial charge in [0.1, 0.15) is 6.61 Å². The van der Waals surface area contributed by atoms with Crippen molar-refractivity contribution >= 4 is 75.7 Å². The lowest BCUT2D eigenvalue weighted by molar-refractivity contribution is -0.201. The van der Waals surface area contributed by atoms with Crippen LogP contribution in [-0.4, -0.2) is 62.8 Å². The van der Waals surface area contributed by atoms with E-state index < -0.39 is 24.7 Å². The molecule has 2 aromatic rings. The summed E-state index contributed by atoms with van der Waals surface area (Å²) < 4.78 is 48.4. The standard InChI is InChI=1S/C25H25Cl3F3N3O4S/c26-15-10-16(32-23(35)20-13-18(14-21(27)22(20)28)34-4-1-9-39-34)12-17(11-15)33-5-2-19(3-6-33)37-7-8-38-24(36)25(29,30)31/h10-14,19H,1-9H2,(H,32,35). The summed E-state index contributed by atoms with van der Waals surface area (Å²) in [6.45, 7) is 1.46. The molecule has 2 aliphatic heterocycles. The number of anilines is 3. The largest absolute Gasteiger partial charge is 0.490 e. The van der Waals surface area contributed by atoms with E-state index in [9.17, 15) is 22.8 Å². The average molecular weight is 627 g/mol. The number of benzene rings is 2. The SMILES string of the molecule is O=C(Nc1cc(Cl)cc(N2CCC(OCCOC(=O)C(F)(F)F)CC2)c1)c1cc(N2CCCS2)cc(Cl)c1Cl. The van der Waals surface area contributed by atoms with E-state index in [0.717, 1.165) is 30.1 Å². The van der Waals surface area contributed by atoms with Crippen molar-refractivity contribution in [1.82, 2.24) is 0 Å². The second kappa shape index (κ2) is 13.1. The lowest BCUT2D eigenvalue weighted by atomic mass is 10.1. The minimum absolute atomic E-state index is 0.121. The molecule has 0 spiro atoms. The summed E-state index contributed by atoms with van der Waals surface area (Å²) in [5.41, 5.74) is 2.35. The van der Waals surface area contributed by atoms with Crippen molar-refractivity contribution in [3.05, 3.63) is 51.0 Å². The molecule has 0 aromatic heterocycles. The van der Waals surface area contributed by atoms with E-state index in [0.29, 0.717) is 41.7 Å². The summed E-state index contributed by atoms with van der Waals surface area (Å²) in [6.07, 6.45) is -2.94. The van der Waals surface area contributed by atoms with Crippen molar-refractivity contribution in [2.45, 2.75) is 31.5 Å². The topological polar surface area (TPSA) is 71.1 Å². The lowest BCUT2D eigenvalue weighted by Crippen LogP contribution is -2.37. The number of nitrogens with one attached hydrogen (secondary N) is 1. The molecule has 39 heavy (non-hydrogen) atoms. The van der Waals surface area contributed by atoms with Gasteiger partial charge in [-0.2, -0.15) is 13.2 Å². The number of amides is 1. The van der Waals surface area contributed by atoms with Crippen LogP contribution >= 0.6 is 46.8 Å². The van der Waals surface area contributed by atoms with E-state index in [1.807, 2.05) is 0 Å². The molecule has 0 radical (unpaired) electrons. The Morgan fingerprint density at radius 2 is 1.74 bits per heavy atom. The van der Waals surface area contributed by atoms with Crippen LogP contribution in [0.4, 0.5) is 30.2 Å². The third-order valence-electron chi connectivity index (χ3n) is 6.15. The first kappa shape index (κ1) is 29.9. The summed E-state index contributed by atoms with van der Waals surface area (Å²) in [5, 5.41) is 3.75. The molecule has 0 saturated carbocycles. The highest BCUT2D eigenvalue weighted by atomic mass is 35.5. The summed E-state index contributed by atoms with van der Waals surface area (Å²) in [7, 11) is 0. The Morgan fingerprint density at radius 1 is 1.00 bits per heavy atom. The average Bonchev–Trinajstić information content (AvgIpc) is 3.42. The van der Waals surface area contributed by atoms with E-state index in [1.165, 1.54) is 0 Å². The fourth-order valence-electron chi connectivity index (χ4n) is 4.27. The third-order valence-corrected chi connectivity index (χ3v) is 8.34. The number of nitrogens with zero attached hydrogens (tertiary/aromatic N) is 2. The second-order valence-corrected chi connectivity index (χ2v) is 11.2. The highest BCUT2D eigenvalue weighted by Crippen LogP contribution is 2.36. The molecule has 0 unspecified atom stereocenters. The zero-order valence-electron chi connectivity index (χ0n) is 20.5. The summed E-state index contributed by atoms with van der Waals surface area (Å²) in [6, 6.07) is 8.69. The van der Waals surface area contributed by atoms with Gasteiger partial charge in [0.25, 0.3) is 5.91 Å². The Balaban J connectivity index is 1.34. The van der Waals surface area contributed by atoms with Crippen LogP contribution < -0.4 is 14.5 Å². The van der Waals surface area contributed by atoms with Crippen molar-refractivity contribution in [1.29, 1.82) is 0 Å². The molecule has 2 heterocycles. The van der Waals surface area contributed by atoms with E-state index in [1.54, 1.807) is 42.3 Å². The number of rotatable bonds is 8. The van der Waals surface area contributed by atoms with Gasteiger partial charge in [-0.1, -0.05) is 34.8 Å². The van der Waals surface area contributed by atoms with E-state index in [4.69, 9.17) is 39.5 Å². The Labute approximate surface area is 243 Å². The molecular formula is C25H25Cl3F3N3O4S. The Bertz CT molecular complexity index is 1210. The second-order valence-electron chi connectivity index (χ2n) is 8.92. The van der Waals surface area contributed by atoms with Gasteiger partial charge < -0.3 is 24.0 Å². The van der Waals surface area contributed by atoms with Gasteiger partial charge in [-0.15, -0.1) is 0 Å². The smallest absolute Gasteiger partial charge is 0.457 e. The van der Waals surface area contributed by atoms with Gasteiger partial charge >= 0.3 is 12.1 Å². The lowest BCUT2D eigenvalue weighted by Gasteiger charge is -2.33. The fraction of sp³-hybridized carbons (Fsp3) is 0.440. The normalized spacial score (nSPS) is 16.5. The maximum atomic E-state index is 13.2. The van der Waals surface area contributed by atoms with Crippen LogP contribution in [-0.2, 0) is 14.3 Å². The molecule has 14 heteroatoms. The van der Waals surface area contributed by atoms with Crippen molar-refractivity contribution in [2.75, 3.05) is 53.1 Å². The van der Waals surface area contributed by atoms with Gasteiger partial charge in [0.2, 0.25) is 0 Å². The van der Waals surface area contributed by atoms with E-state index in [-0.39, 0.29) is 23.3 Å². The molecule has 4 rings (SSSR count). The molecule has 0 bridgehead atoms. The first-order valence-electron chi connectivity index (χ1n) is 12.1. The predicted octanol–water partition coefficient (Wildman–Crippen LogP) is 6.85. The maximum absolute atomic E-state index is 13.2. The number of hydrogen-bond acceptors (Lipinski definition) is 7. The summed E-state index contributed by atoms with van der Waals surface area (Å²) >= 11 is 20.7. The number of carbonyl (C=O) groups is 2.